The number of hydrogen-bond donors (Lipinski definition) is 1. The van der Waals surface area contributed by atoms with Crippen molar-refractivity contribution in [3.63, 3.8) is 0 Å². The number of aromatic nitrogens is 1. The van der Waals surface area contributed by atoms with Gasteiger partial charge in [-0.15, -0.1) is 11.3 Å². The van der Waals surface area contributed by atoms with Crippen molar-refractivity contribution in [1.29, 1.82) is 0 Å². The van der Waals surface area contributed by atoms with Gasteiger partial charge in [0, 0.05) is 23.0 Å². The van der Waals surface area contributed by atoms with Gasteiger partial charge in [-0.1, -0.05) is 32.4 Å². The summed E-state index contributed by atoms with van der Waals surface area (Å²) in [6, 6.07) is 5.99. The number of thiazole rings is 1. The van der Waals surface area contributed by atoms with Crippen LogP contribution in [0.1, 0.15) is 41.8 Å². The second kappa shape index (κ2) is 9.14. The van der Waals surface area contributed by atoms with Crippen molar-refractivity contribution in [1.82, 2.24) is 15.2 Å². The number of hydrogen-bond acceptors (Lipinski definition) is 4. The Morgan fingerprint density at radius 3 is 2.46 bits per heavy atom. The topological polar surface area (TPSA) is 62.3 Å². The summed E-state index contributed by atoms with van der Waals surface area (Å²) in [6.07, 6.45) is 0.883. The fourth-order valence-electron chi connectivity index (χ4n) is 2.48. The van der Waals surface area contributed by atoms with E-state index in [1.54, 1.807) is 47.5 Å². The van der Waals surface area contributed by atoms with Gasteiger partial charge in [-0.05, 0) is 36.6 Å². The minimum atomic E-state index is -0.604. The van der Waals surface area contributed by atoms with E-state index >= 15 is 0 Å². The molecule has 0 aliphatic carbocycles. The van der Waals surface area contributed by atoms with Crippen LogP contribution in [0, 0.1) is 5.92 Å². The van der Waals surface area contributed by atoms with E-state index in [1.807, 2.05) is 19.2 Å². The Kier molecular flexibility index (Phi) is 7.17. The molecule has 0 aliphatic heterocycles. The molecule has 140 valence electrons. The highest BCUT2D eigenvalue weighted by Crippen LogP contribution is 2.14. The van der Waals surface area contributed by atoms with Crippen LogP contribution in [0.3, 0.4) is 0 Å². The van der Waals surface area contributed by atoms with E-state index in [0.717, 1.165) is 17.1 Å². The van der Waals surface area contributed by atoms with Crippen molar-refractivity contribution < 1.29 is 9.59 Å². The van der Waals surface area contributed by atoms with Gasteiger partial charge in [-0.2, -0.15) is 0 Å². The molecule has 0 aliphatic rings. The second-order valence-electron chi connectivity index (χ2n) is 6.48. The third-order valence-corrected chi connectivity index (χ3v) is 5.30. The van der Waals surface area contributed by atoms with Gasteiger partial charge in [-0.3, -0.25) is 9.59 Å². The van der Waals surface area contributed by atoms with Gasteiger partial charge in [0.25, 0.3) is 5.91 Å². The molecule has 1 unspecified atom stereocenters. The molecule has 2 amide bonds. The van der Waals surface area contributed by atoms with Crippen molar-refractivity contribution in [2.24, 2.45) is 5.92 Å². The van der Waals surface area contributed by atoms with Crippen LogP contribution < -0.4 is 5.32 Å². The summed E-state index contributed by atoms with van der Waals surface area (Å²) in [5, 5.41) is 6.43. The summed E-state index contributed by atoms with van der Waals surface area (Å²) >= 11 is 7.45. The first-order valence-corrected chi connectivity index (χ1v) is 9.82. The molecule has 0 saturated carbocycles. The third kappa shape index (κ3) is 5.29. The first kappa shape index (κ1) is 20.4. The number of halogens is 1. The summed E-state index contributed by atoms with van der Waals surface area (Å²) < 4.78 is 0. The highest BCUT2D eigenvalue weighted by molar-refractivity contribution is 7.09. The van der Waals surface area contributed by atoms with E-state index in [4.69, 9.17) is 11.6 Å². The Labute approximate surface area is 163 Å². The standard InChI is InChI=1S/C19H24ClN3O2S/c1-5-16-21-15(11-26-16)10-23(4)19(25)17(12(2)3)22-18(24)13-6-8-14(20)9-7-13/h6-9,11-12,17H,5,10H2,1-4H3,(H,22,24). The summed E-state index contributed by atoms with van der Waals surface area (Å²) in [5.41, 5.74) is 1.34. The van der Waals surface area contributed by atoms with Crippen molar-refractivity contribution in [3.05, 3.63) is 50.9 Å². The molecule has 0 radical (unpaired) electrons. The number of likely N-dealkylation sites (N-methyl/N-ethyl adjacent to an activating group) is 1. The predicted molar refractivity (Wildman–Crippen MR) is 106 cm³/mol. The fourth-order valence-corrected chi connectivity index (χ4v) is 3.34. The molecule has 1 N–H and O–H groups in total. The molecule has 1 atom stereocenters. The third-order valence-electron chi connectivity index (χ3n) is 4.00. The highest BCUT2D eigenvalue weighted by Gasteiger charge is 2.27. The van der Waals surface area contributed by atoms with E-state index < -0.39 is 6.04 Å². The van der Waals surface area contributed by atoms with Crippen molar-refractivity contribution >= 4 is 34.8 Å². The molecule has 26 heavy (non-hydrogen) atoms. The van der Waals surface area contributed by atoms with Crippen LogP contribution in [0.25, 0.3) is 0 Å². The fraction of sp³-hybridized carbons (Fsp3) is 0.421. The van der Waals surface area contributed by atoms with Crippen LogP contribution in [0.4, 0.5) is 0 Å². The lowest BCUT2D eigenvalue weighted by Gasteiger charge is -2.26. The molecular formula is C19H24ClN3O2S. The average Bonchev–Trinajstić information content (AvgIpc) is 3.06. The first-order valence-electron chi connectivity index (χ1n) is 8.56. The normalized spacial score (nSPS) is 12.1. The Bertz CT molecular complexity index is 758. The van der Waals surface area contributed by atoms with Crippen LogP contribution in [-0.2, 0) is 17.8 Å². The van der Waals surface area contributed by atoms with E-state index in [-0.39, 0.29) is 17.7 Å². The molecule has 0 fully saturated rings. The van der Waals surface area contributed by atoms with Crippen LogP contribution >= 0.6 is 22.9 Å². The van der Waals surface area contributed by atoms with Gasteiger partial charge in [0.2, 0.25) is 5.91 Å². The summed E-state index contributed by atoms with van der Waals surface area (Å²) in [7, 11) is 1.73. The number of carbonyl (C=O) groups is 2. The molecule has 0 spiro atoms. The number of amides is 2. The number of benzene rings is 1. The van der Waals surface area contributed by atoms with E-state index in [1.165, 1.54) is 0 Å². The highest BCUT2D eigenvalue weighted by atomic mass is 35.5. The number of nitrogens with zero attached hydrogens (tertiary/aromatic N) is 2. The number of nitrogens with one attached hydrogen (secondary N) is 1. The molecule has 7 heteroatoms. The van der Waals surface area contributed by atoms with Gasteiger partial charge in [0.15, 0.2) is 0 Å². The molecule has 2 aromatic rings. The molecule has 5 nitrogen and oxygen atoms in total. The summed E-state index contributed by atoms with van der Waals surface area (Å²) in [6.45, 7) is 6.31. The first-order chi connectivity index (χ1) is 12.3. The van der Waals surface area contributed by atoms with Crippen molar-refractivity contribution in [2.75, 3.05) is 7.05 Å². The monoisotopic (exact) mass is 393 g/mol. The molecule has 1 heterocycles. The minimum absolute atomic E-state index is 0.0390. The SMILES string of the molecule is CCc1nc(CN(C)C(=O)C(NC(=O)c2ccc(Cl)cc2)C(C)C)cs1. The molecular weight excluding hydrogens is 370 g/mol. The average molecular weight is 394 g/mol. The van der Waals surface area contributed by atoms with E-state index in [0.29, 0.717) is 17.1 Å². The number of carbonyl (C=O) groups excluding carboxylic acids is 2. The lowest BCUT2D eigenvalue weighted by atomic mass is 10.0. The zero-order valence-electron chi connectivity index (χ0n) is 15.5. The maximum Gasteiger partial charge on any atom is 0.251 e. The maximum absolute atomic E-state index is 12.9. The van der Waals surface area contributed by atoms with Gasteiger partial charge in [0.1, 0.15) is 6.04 Å². The molecule has 2 rings (SSSR count). The predicted octanol–water partition coefficient (Wildman–Crippen LogP) is 3.77. The molecule has 0 saturated heterocycles. The Hall–Kier alpha value is -1.92. The van der Waals surface area contributed by atoms with Gasteiger partial charge >= 0.3 is 0 Å². The Balaban J connectivity index is 2.05. The van der Waals surface area contributed by atoms with Crippen LogP contribution in [-0.4, -0.2) is 34.8 Å². The van der Waals surface area contributed by atoms with Gasteiger partial charge < -0.3 is 10.2 Å². The van der Waals surface area contributed by atoms with Crippen molar-refractivity contribution in [3.8, 4) is 0 Å². The zero-order valence-corrected chi connectivity index (χ0v) is 17.0. The number of rotatable bonds is 7. The van der Waals surface area contributed by atoms with Crippen LogP contribution in [0.15, 0.2) is 29.6 Å². The van der Waals surface area contributed by atoms with Crippen molar-refractivity contribution in [2.45, 2.75) is 39.8 Å². The molecule has 0 bridgehead atoms. The Morgan fingerprint density at radius 1 is 1.27 bits per heavy atom. The van der Waals surface area contributed by atoms with Gasteiger partial charge in [0.05, 0.1) is 17.2 Å². The Morgan fingerprint density at radius 2 is 1.92 bits per heavy atom. The molecule has 1 aromatic carbocycles. The maximum atomic E-state index is 12.9. The minimum Gasteiger partial charge on any atom is -0.340 e. The smallest absolute Gasteiger partial charge is 0.251 e. The summed E-state index contributed by atoms with van der Waals surface area (Å²) in [4.78, 5) is 31.4. The van der Waals surface area contributed by atoms with Crippen LogP contribution in [0.2, 0.25) is 5.02 Å². The summed E-state index contributed by atoms with van der Waals surface area (Å²) in [5.74, 6) is -0.458. The molecule has 1 aromatic heterocycles. The quantitative estimate of drug-likeness (QED) is 0.778. The van der Waals surface area contributed by atoms with E-state index in [9.17, 15) is 9.59 Å². The second-order valence-corrected chi connectivity index (χ2v) is 7.86. The lowest BCUT2D eigenvalue weighted by Crippen LogP contribution is -2.50. The van der Waals surface area contributed by atoms with E-state index in [2.05, 4.69) is 17.2 Å². The zero-order chi connectivity index (χ0) is 19.3. The van der Waals surface area contributed by atoms with Crippen LogP contribution in [0.5, 0.6) is 0 Å². The van der Waals surface area contributed by atoms with Gasteiger partial charge in [-0.25, -0.2) is 4.98 Å². The number of aryl methyl sites for hydroxylation is 1. The lowest BCUT2D eigenvalue weighted by molar-refractivity contribution is -0.133. The largest absolute Gasteiger partial charge is 0.340 e.